The standard InChI is InChI=1S/C14H15BrN2/c15-14-5-1-4-12(8-14)13(9-16)7-11-3-2-6-17-10-11/h1-6,8,10,13H,7,9,16H2. The fourth-order valence-corrected chi connectivity index (χ4v) is 2.32. The Hall–Kier alpha value is -1.19. The number of hydrogen-bond donors (Lipinski definition) is 1. The van der Waals surface area contributed by atoms with Gasteiger partial charge in [-0.15, -0.1) is 0 Å². The van der Waals surface area contributed by atoms with Crippen molar-refractivity contribution in [1.29, 1.82) is 0 Å². The van der Waals surface area contributed by atoms with E-state index in [1.807, 2.05) is 24.4 Å². The molecule has 2 aromatic rings. The maximum Gasteiger partial charge on any atom is 0.0300 e. The average molecular weight is 291 g/mol. The fourth-order valence-electron chi connectivity index (χ4n) is 1.90. The molecule has 17 heavy (non-hydrogen) atoms. The van der Waals surface area contributed by atoms with E-state index in [1.165, 1.54) is 11.1 Å². The normalized spacial score (nSPS) is 12.4. The van der Waals surface area contributed by atoms with Crippen molar-refractivity contribution >= 4 is 15.9 Å². The van der Waals surface area contributed by atoms with Gasteiger partial charge in [-0.2, -0.15) is 0 Å². The van der Waals surface area contributed by atoms with Gasteiger partial charge in [-0.25, -0.2) is 0 Å². The number of halogens is 1. The van der Waals surface area contributed by atoms with Crippen LogP contribution in [-0.2, 0) is 6.42 Å². The van der Waals surface area contributed by atoms with Gasteiger partial charge in [0.15, 0.2) is 0 Å². The summed E-state index contributed by atoms with van der Waals surface area (Å²) in [6.07, 6.45) is 4.63. The third-order valence-electron chi connectivity index (χ3n) is 2.81. The van der Waals surface area contributed by atoms with Crippen LogP contribution in [0.5, 0.6) is 0 Å². The summed E-state index contributed by atoms with van der Waals surface area (Å²) in [6.45, 7) is 0.644. The molecule has 3 heteroatoms. The summed E-state index contributed by atoms with van der Waals surface area (Å²) in [5.41, 5.74) is 8.36. The van der Waals surface area contributed by atoms with E-state index in [1.54, 1.807) is 6.20 Å². The van der Waals surface area contributed by atoms with Crippen molar-refractivity contribution in [3.8, 4) is 0 Å². The Labute approximate surface area is 110 Å². The van der Waals surface area contributed by atoms with Gasteiger partial charge in [0.05, 0.1) is 0 Å². The summed E-state index contributed by atoms with van der Waals surface area (Å²) >= 11 is 3.49. The van der Waals surface area contributed by atoms with Gasteiger partial charge >= 0.3 is 0 Å². The quantitative estimate of drug-likeness (QED) is 0.940. The second kappa shape index (κ2) is 5.94. The largest absolute Gasteiger partial charge is 0.330 e. The molecular formula is C14H15BrN2. The highest BCUT2D eigenvalue weighted by Crippen LogP contribution is 2.22. The lowest BCUT2D eigenvalue weighted by Gasteiger charge is -2.15. The van der Waals surface area contributed by atoms with E-state index in [2.05, 4.69) is 39.1 Å². The number of nitrogens with zero attached hydrogens (tertiary/aromatic N) is 1. The number of hydrogen-bond acceptors (Lipinski definition) is 2. The van der Waals surface area contributed by atoms with Crippen LogP contribution in [0, 0.1) is 0 Å². The summed E-state index contributed by atoms with van der Waals surface area (Å²) in [6, 6.07) is 12.4. The first-order valence-corrected chi connectivity index (χ1v) is 6.43. The minimum atomic E-state index is 0.344. The Morgan fingerprint density at radius 2 is 2.12 bits per heavy atom. The molecule has 0 aliphatic carbocycles. The molecule has 0 radical (unpaired) electrons. The second-order valence-electron chi connectivity index (χ2n) is 4.05. The monoisotopic (exact) mass is 290 g/mol. The molecule has 88 valence electrons. The molecule has 2 rings (SSSR count). The van der Waals surface area contributed by atoms with Crippen LogP contribution >= 0.6 is 15.9 Å². The zero-order chi connectivity index (χ0) is 12.1. The van der Waals surface area contributed by atoms with E-state index in [9.17, 15) is 0 Å². The van der Waals surface area contributed by atoms with Crippen LogP contribution in [0.15, 0.2) is 53.3 Å². The fraction of sp³-hybridized carbons (Fsp3) is 0.214. The van der Waals surface area contributed by atoms with Crippen LogP contribution in [0.25, 0.3) is 0 Å². The van der Waals surface area contributed by atoms with Crippen molar-refractivity contribution in [1.82, 2.24) is 4.98 Å². The van der Waals surface area contributed by atoms with Crippen molar-refractivity contribution in [2.24, 2.45) is 5.73 Å². The average Bonchev–Trinajstić information content (AvgIpc) is 2.37. The first-order chi connectivity index (χ1) is 8.29. The number of aromatic nitrogens is 1. The zero-order valence-electron chi connectivity index (χ0n) is 9.51. The Bertz CT molecular complexity index is 471. The van der Waals surface area contributed by atoms with Gasteiger partial charge in [-0.05, 0) is 42.3 Å². The van der Waals surface area contributed by atoms with E-state index in [0.717, 1.165) is 10.9 Å². The Kier molecular flexibility index (Phi) is 4.29. The summed E-state index contributed by atoms with van der Waals surface area (Å²) in [7, 11) is 0. The summed E-state index contributed by atoms with van der Waals surface area (Å²) in [5.74, 6) is 0.344. The molecule has 1 atom stereocenters. The van der Waals surface area contributed by atoms with Crippen molar-refractivity contribution < 1.29 is 0 Å². The van der Waals surface area contributed by atoms with E-state index < -0.39 is 0 Å². The lowest BCUT2D eigenvalue weighted by molar-refractivity contribution is 0.692. The summed E-state index contributed by atoms with van der Waals surface area (Å²) in [5, 5.41) is 0. The molecule has 0 bridgehead atoms. The molecule has 0 aliphatic rings. The van der Waals surface area contributed by atoms with E-state index in [-0.39, 0.29) is 0 Å². The molecule has 0 saturated heterocycles. The van der Waals surface area contributed by atoms with Gasteiger partial charge in [-0.1, -0.05) is 34.1 Å². The SMILES string of the molecule is NCC(Cc1cccnc1)c1cccc(Br)c1. The highest BCUT2D eigenvalue weighted by atomic mass is 79.9. The lowest BCUT2D eigenvalue weighted by Crippen LogP contribution is -2.15. The van der Waals surface area contributed by atoms with Crippen LogP contribution in [0.2, 0.25) is 0 Å². The molecule has 1 aromatic carbocycles. The van der Waals surface area contributed by atoms with Crippen LogP contribution < -0.4 is 5.73 Å². The molecule has 1 heterocycles. The molecule has 1 unspecified atom stereocenters. The molecule has 0 spiro atoms. The van der Waals surface area contributed by atoms with Crippen molar-refractivity contribution in [2.75, 3.05) is 6.54 Å². The smallest absolute Gasteiger partial charge is 0.0300 e. The molecule has 0 aliphatic heterocycles. The summed E-state index contributed by atoms with van der Waals surface area (Å²) in [4.78, 5) is 4.13. The number of nitrogens with two attached hydrogens (primary N) is 1. The zero-order valence-corrected chi connectivity index (χ0v) is 11.1. The Morgan fingerprint density at radius 3 is 2.76 bits per heavy atom. The van der Waals surface area contributed by atoms with Gasteiger partial charge in [0, 0.05) is 22.8 Å². The topological polar surface area (TPSA) is 38.9 Å². The number of rotatable bonds is 4. The van der Waals surface area contributed by atoms with Gasteiger partial charge in [-0.3, -0.25) is 4.98 Å². The molecule has 0 fully saturated rings. The van der Waals surface area contributed by atoms with E-state index in [0.29, 0.717) is 12.5 Å². The lowest BCUT2D eigenvalue weighted by atomic mass is 9.93. The first-order valence-electron chi connectivity index (χ1n) is 5.64. The van der Waals surface area contributed by atoms with Crippen molar-refractivity contribution in [3.63, 3.8) is 0 Å². The van der Waals surface area contributed by atoms with Gasteiger partial charge in [0.1, 0.15) is 0 Å². The van der Waals surface area contributed by atoms with Crippen LogP contribution in [-0.4, -0.2) is 11.5 Å². The maximum atomic E-state index is 5.87. The number of pyridine rings is 1. The van der Waals surface area contributed by atoms with Crippen molar-refractivity contribution in [3.05, 3.63) is 64.4 Å². The van der Waals surface area contributed by atoms with Crippen LogP contribution in [0.1, 0.15) is 17.0 Å². The molecular weight excluding hydrogens is 276 g/mol. The predicted octanol–water partition coefficient (Wildman–Crippen LogP) is 3.13. The van der Waals surface area contributed by atoms with Gasteiger partial charge in [0.2, 0.25) is 0 Å². The molecule has 2 nitrogen and oxygen atoms in total. The van der Waals surface area contributed by atoms with Gasteiger partial charge < -0.3 is 5.73 Å². The first kappa shape index (κ1) is 12.3. The van der Waals surface area contributed by atoms with E-state index in [4.69, 9.17) is 5.73 Å². The highest BCUT2D eigenvalue weighted by Gasteiger charge is 2.10. The van der Waals surface area contributed by atoms with Gasteiger partial charge in [0.25, 0.3) is 0 Å². The minimum absolute atomic E-state index is 0.344. The Morgan fingerprint density at radius 1 is 1.24 bits per heavy atom. The van der Waals surface area contributed by atoms with Crippen LogP contribution in [0.4, 0.5) is 0 Å². The Balaban J connectivity index is 2.17. The van der Waals surface area contributed by atoms with E-state index >= 15 is 0 Å². The third kappa shape index (κ3) is 3.38. The van der Waals surface area contributed by atoms with Crippen molar-refractivity contribution in [2.45, 2.75) is 12.3 Å². The minimum Gasteiger partial charge on any atom is -0.330 e. The maximum absolute atomic E-state index is 5.87. The molecule has 2 N–H and O–H groups in total. The number of benzene rings is 1. The second-order valence-corrected chi connectivity index (χ2v) is 4.97. The predicted molar refractivity (Wildman–Crippen MR) is 73.9 cm³/mol. The molecule has 0 saturated carbocycles. The highest BCUT2D eigenvalue weighted by molar-refractivity contribution is 9.10. The van der Waals surface area contributed by atoms with Crippen LogP contribution in [0.3, 0.4) is 0 Å². The summed E-state index contributed by atoms with van der Waals surface area (Å²) < 4.78 is 1.10. The molecule has 0 amide bonds. The third-order valence-corrected chi connectivity index (χ3v) is 3.30. The molecule has 1 aromatic heterocycles.